The van der Waals surface area contributed by atoms with Crippen LogP contribution in [0.2, 0.25) is 0 Å². The van der Waals surface area contributed by atoms with Gasteiger partial charge in [-0.15, -0.1) is 11.3 Å². The fraction of sp³-hybridized carbons (Fsp3) is 0.235. The minimum atomic E-state index is -0.0425. The first-order valence-electron chi connectivity index (χ1n) is 7.40. The van der Waals surface area contributed by atoms with Crippen LogP contribution < -0.4 is 5.32 Å². The number of amides is 1. The van der Waals surface area contributed by atoms with Gasteiger partial charge in [0.15, 0.2) is 0 Å². The van der Waals surface area contributed by atoms with Crippen LogP contribution in [0.15, 0.2) is 48.4 Å². The van der Waals surface area contributed by atoms with Gasteiger partial charge in [-0.3, -0.25) is 4.79 Å². The Labute approximate surface area is 139 Å². The lowest BCUT2D eigenvalue weighted by atomic mass is 10.1. The summed E-state index contributed by atoms with van der Waals surface area (Å²) in [5, 5.41) is 5.93. The van der Waals surface area contributed by atoms with Crippen molar-refractivity contribution >= 4 is 17.2 Å². The highest BCUT2D eigenvalue weighted by Crippen LogP contribution is 2.16. The van der Waals surface area contributed by atoms with E-state index in [4.69, 9.17) is 0 Å². The molecule has 3 rings (SSSR count). The Morgan fingerprint density at radius 3 is 2.74 bits per heavy atom. The van der Waals surface area contributed by atoms with Gasteiger partial charge in [0, 0.05) is 23.5 Å². The van der Waals surface area contributed by atoms with Crippen LogP contribution in [0.3, 0.4) is 0 Å². The third kappa shape index (κ3) is 3.84. The van der Waals surface area contributed by atoms with Crippen molar-refractivity contribution in [2.24, 2.45) is 0 Å². The number of benzene rings is 1. The third-order valence-corrected chi connectivity index (χ3v) is 4.40. The zero-order chi connectivity index (χ0) is 16.2. The summed E-state index contributed by atoms with van der Waals surface area (Å²) in [5.74, 6) is -0.0125. The van der Waals surface area contributed by atoms with Gasteiger partial charge in [-0.1, -0.05) is 12.1 Å². The number of hydrogen-bond donors (Lipinski definition) is 1. The number of aromatic nitrogens is 3. The number of carbonyl (C=O) groups excluding carboxylic acids is 1. The molecule has 0 aliphatic carbocycles. The summed E-state index contributed by atoms with van der Waals surface area (Å²) in [6.07, 6.45) is 5.73. The summed E-state index contributed by atoms with van der Waals surface area (Å²) in [5.41, 5.74) is 2.94. The van der Waals surface area contributed by atoms with Crippen molar-refractivity contribution in [3.8, 4) is 5.69 Å². The molecule has 3 aromatic rings. The highest BCUT2D eigenvalue weighted by atomic mass is 32.1. The lowest BCUT2D eigenvalue weighted by Crippen LogP contribution is -2.28. The molecule has 0 radical (unpaired) electrons. The zero-order valence-corrected chi connectivity index (χ0v) is 13.9. The quantitative estimate of drug-likeness (QED) is 0.784. The first-order chi connectivity index (χ1) is 11.1. The van der Waals surface area contributed by atoms with Gasteiger partial charge in [0.25, 0.3) is 0 Å². The first-order valence-corrected chi connectivity index (χ1v) is 8.28. The molecule has 0 saturated heterocycles. The van der Waals surface area contributed by atoms with E-state index in [1.165, 1.54) is 0 Å². The molecule has 118 valence electrons. The van der Waals surface area contributed by atoms with Gasteiger partial charge in [-0.2, -0.15) is 0 Å². The Kier molecular flexibility index (Phi) is 4.52. The molecule has 0 fully saturated rings. The van der Waals surface area contributed by atoms with E-state index >= 15 is 0 Å². The molecule has 6 heteroatoms. The van der Waals surface area contributed by atoms with Crippen LogP contribution in [-0.2, 0) is 11.2 Å². The number of nitrogens with zero attached hydrogens (tertiary/aromatic N) is 3. The van der Waals surface area contributed by atoms with Crippen LogP contribution in [0, 0.1) is 6.92 Å². The minimum Gasteiger partial charge on any atom is -0.349 e. The van der Waals surface area contributed by atoms with Gasteiger partial charge >= 0.3 is 0 Å². The van der Waals surface area contributed by atoms with Crippen molar-refractivity contribution < 1.29 is 4.79 Å². The van der Waals surface area contributed by atoms with Crippen molar-refractivity contribution in [1.29, 1.82) is 0 Å². The van der Waals surface area contributed by atoms with E-state index in [1.807, 2.05) is 54.3 Å². The number of rotatable bonds is 5. The van der Waals surface area contributed by atoms with Crippen LogP contribution >= 0.6 is 11.3 Å². The summed E-state index contributed by atoms with van der Waals surface area (Å²) in [4.78, 5) is 20.5. The third-order valence-electron chi connectivity index (χ3n) is 3.58. The van der Waals surface area contributed by atoms with E-state index in [0.717, 1.165) is 22.0 Å². The minimum absolute atomic E-state index is 0.0125. The van der Waals surface area contributed by atoms with Crippen molar-refractivity contribution in [2.45, 2.75) is 26.3 Å². The summed E-state index contributed by atoms with van der Waals surface area (Å²) < 4.78 is 1.94. The fourth-order valence-electron chi connectivity index (χ4n) is 2.38. The van der Waals surface area contributed by atoms with Gasteiger partial charge in [0.05, 0.1) is 29.5 Å². The Bertz CT molecular complexity index is 777. The monoisotopic (exact) mass is 326 g/mol. The molecule has 1 amide bonds. The number of thiazole rings is 1. The molecule has 0 spiro atoms. The van der Waals surface area contributed by atoms with Crippen LogP contribution in [0.4, 0.5) is 0 Å². The van der Waals surface area contributed by atoms with E-state index in [1.54, 1.807) is 23.9 Å². The molecule has 5 nitrogen and oxygen atoms in total. The number of hydrogen-bond acceptors (Lipinski definition) is 4. The lowest BCUT2D eigenvalue weighted by Gasteiger charge is -2.14. The fourth-order valence-corrected chi connectivity index (χ4v) is 2.99. The van der Waals surface area contributed by atoms with E-state index in [9.17, 15) is 4.79 Å². The molecule has 1 atom stereocenters. The molecule has 0 aliphatic heterocycles. The zero-order valence-electron chi connectivity index (χ0n) is 13.1. The van der Waals surface area contributed by atoms with E-state index in [-0.39, 0.29) is 11.9 Å². The van der Waals surface area contributed by atoms with E-state index in [0.29, 0.717) is 6.42 Å². The Hall–Kier alpha value is -2.47. The molecule has 1 aromatic carbocycles. The second-order valence-corrected chi connectivity index (χ2v) is 6.45. The average molecular weight is 326 g/mol. The molecule has 1 N–H and O–H groups in total. The lowest BCUT2D eigenvalue weighted by molar-refractivity contribution is -0.121. The normalized spacial score (nSPS) is 12.1. The van der Waals surface area contributed by atoms with Crippen LogP contribution in [0.5, 0.6) is 0 Å². The van der Waals surface area contributed by atoms with Gasteiger partial charge in [-0.25, -0.2) is 9.97 Å². The summed E-state index contributed by atoms with van der Waals surface area (Å²) in [6.45, 7) is 3.92. The number of nitrogens with one attached hydrogen (secondary N) is 1. The molecular formula is C17H18N4OS. The molecule has 0 saturated carbocycles. The topological polar surface area (TPSA) is 59.8 Å². The molecule has 0 bridgehead atoms. The van der Waals surface area contributed by atoms with Crippen LogP contribution in [0.25, 0.3) is 5.69 Å². The van der Waals surface area contributed by atoms with Crippen molar-refractivity contribution in [3.05, 3.63) is 64.6 Å². The van der Waals surface area contributed by atoms with Gasteiger partial charge in [0.2, 0.25) is 5.91 Å². The van der Waals surface area contributed by atoms with E-state index < -0.39 is 0 Å². The molecule has 23 heavy (non-hydrogen) atoms. The van der Waals surface area contributed by atoms with Crippen LogP contribution in [0.1, 0.15) is 29.2 Å². The van der Waals surface area contributed by atoms with Gasteiger partial charge < -0.3 is 9.88 Å². The molecule has 1 unspecified atom stereocenters. The Balaban J connectivity index is 1.61. The van der Waals surface area contributed by atoms with Crippen molar-refractivity contribution in [2.75, 3.05) is 0 Å². The summed E-state index contributed by atoms with van der Waals surface area (Å²) >= 11 is 1.56. The van der Waals surface area contributed by atoms with Gasteiger partial charge in [-0.05, 0) is 31.5 Å². The second kappa shape index (κ2) is 6.75. The first kappa shape index (κ1) is 15.4. The molecule has 2 heterocycles. The Morgan fingerprint density at radius 2 is 2.13 bits per heavy atom. The maximum atomic E-state index is 12.1. The summed E-state index contributed by atoms with van der Waals surface area (Å²) in [6, 6.07) is 8.03. The number of imidazole rings is 1. The Morgan fingerprint density at radius 1 is 1.35 bits per heavy atom. The van der Waals surface area contributed by atoms with E-state index in [2.05, 4.69) is 15.3 Å². The SMILES string of the molecule is Cc1nc(CC(=O)NC(C)c2ccc(-n3ccnc3)cc2)cs1. The summed E-state index contributed by atoms with van der Waals surface area (Å²) in [7, 11) is 0. The highest BCUT2D eigenvalue weighted by Gasteiger charge is 2.11. The second-order valence-electron chi connectivity index (χ2n) is 5.39. The number of aryl methyl sites for hydroxylation is 1. The maximum Gasteiger partial charge on any atom is 0.226 e. The smallest absolute Gasteiger partial charge is 0.226 e. The van der Waals surface area contributed by atoms with Gasteiger partial charge in [0.1, 0.15) is 0 Å². The predicted molar refractivity (Wildman–Crippen MR) is 90.7 cm³/mol. The van der Waals surface area contributed by atoms with Crippen molar-refractivity contribution in [3.63, 3.8) is 0 Å². The average Bonchev–Trinajstić information content (AvgIpc) is 3.19. The molecule has 2 aromatic heterocycles. The van der Waals surface area contributed by atoms with Crippen molar-refractivity contribution in [1.82, 2.24) is 19.9 Å². The predicted octanol–water partition coefficient (Wildman–Crippen LogP) is 3.06. The standard InChI is InChI=1S/C17H18N4OS/c1-12(19-17(22)9-15-10-23-13(2)20-15)14-3-5-16(6-4-14)21-8-7-18-11-21/h3-8,10-12H,9H2,1-2H3,(H,19,22). The highest BCUT2D eigenvalue weighted by molar-refractivity contribution is 7.09. The maximum absolute atomic E-state index is 12.1. The number of carbonyl (C=O) groups is 1. The largest absolute Gasteiger partial charge is 0.349 e. The molecular weight excluding hydrogens is 308 g/mol. The van der Waals surface area contributed by atoms with Crippen LogP contribution in [-0.4, -0.2) is 20.4 Å². The molecule has 0 aliphatic rings.